The van der Waals surface area contributed by atoms with E-state index in [1.807, 2.05) is 12.1 Å². The van der Waals surface area contributed by atoms with Crippen LogP contribution in [0.15, 0.2) is 36.8 Å². The Hall–Kier alpha value is -1.78. The molecular weight excluding hydrogens is 214 g/mol. The van der Waals surface area contributed by atoms with E-state index in [-0.39, 0.29) is 6.10 Å². The van der Waals surface area contributed by atoms with Gasteiger partial charge in [-0.25, -0.2) is 9.97 Å². The summed E-state index contributed by atoms with van der Waals surface area (Å²) in [5.74, 6) is 0. The van der Waals surface area contributed by atoms with Crippen molar-refractivity contribution in [2.24, 2.45) is 5.73 Å². The lowest BCUT2D eigenvalue weighted by molar-refractivity contribution is 0.0724. The molecule has 2 aromatic rings. The maximum Gasteiger partial charge on any atom is 0.116 e. The summed E-state index contributed by atoms with van der Waals surface area (Å²) in [6, 6.07) is 8.06. The fourth-order valence-corrected chi connectivity index (χ4v) is 2.23. The summed E-state index contributed by atoms with van der Waals surface area (Å²) >= 11 is 0. The zero-order valence-corrected chi connectivity index (χ0v) is 9.34. The van der Waals surface area contributed by atoms with Crippen molar-refractivity contribution in [2.75, 3.05) is 6.54 Å². The van der Waals surface area contributed by atoms with Crippen molar-refractivity contribution in [3.63, 3.8) is 0 Å². The van der Waals surface area contributed by atoms with E-state index >= 15 is 0 Å². The van der Waals surface area contributed by atoms with Crippen LogP contribution in [-0.2, 0) is 11.3 Å². The van der Waals surface area contributed by atoms with Gasteiger partial charge in [-0.2, -0.15) is 0 Å². The zero-order valence-electron chi connectivity index (χ0n) is 9.34. The van der Waals surface area contributed by atoms with Gasteiger partial charge in [0.15, 0.2) is 0 Å². The lowest BCUT2D eigenvalue weighted by Crippen LogP contribution is -2.10. The molecule has 0 unspecified atom stereocenters. The van der Waals surface area contributed by atoms with Crippen LogP contribution in [0.5, 0.6) is 0 Å². The first kappa shape index (κ1) is 10.4. The van der Waals surface area contributed by atoms with Crippen molar-refractivity contribution in [3.8, 4) is 11.3 Å². The molecule has 1 aromatic carbocycles. The summed E-state index contributed by atoms with van der Waals surface area (Å²) in [4.78, 5) is 8.21. The minimum Gasteiger partial charge on any atom is -0.367 e. The van der Waals surface area contributed by atoms with E-state index in [9.17, 15) is 0 Å². The Bertz CT molecular complexity index is 527. The average Bonchev–Trinajstić information content (AvgIpc) is 2.82. The molecular formula is C13H13N3O. The number of benzene rings is 1. The first-order valence-corrected chi connectivity index (χ1v) is 5.60. The molecule has 0 saturated heterocycles. The Morgan fingerprint density at radius 3 is 3.06 bits per heavy atom. The zero-order chi connectivity index (χ0) is 11.7. The summed E-state index contributed by atoms with van der Waals surface area (Å²) in [7, 11) is 0. The molecule has 1 aliphatic heterocycles. The van der Waals surface area contributed by atoms with Gasteiger partial charge in [-0.1, -0.05) is 18.2 Å². The number of hydrogen-bond donors (Lipinski definition) is 1. The molecule has 4 heteroatoms. The predicted octanol–water partition coefficient (Wildman–Crippen LogP) is 1.67. The average molecular weight is 227 g/mol. The SMILES string of the molecule is NC[C@H]1OCc2c(-c3ccncn3)cccc21. The summed E-state index contributed by atoms with van der Waals surface area (Å²) in [5, 5.41) is 0. The van der Waals surface area contributed by atoms with E-state index in [0.29, 0.717) is 13.2 Å². The lowest BCUT2D eigenvalue weighted by atomic mass is 9.98. The van der Waals surface area contributed by atoms with Gasteiger partial charge >= 0.3 is 0 Å². The highest BCUT2D eigenvalue weighted by molar-refractivity contribution is 5.65. The Labute approximate surface area is 99.5 Å². The van der Waals surface area contributed by atoms with E-state index in [0.717, 1.165) is 11.3 Å². The molecule has 0 saturated carbocycles. The number of ether oxygens (including phenoxy) is 1. The minimum atomic E-state index is 0.0202. The van der Waals surface area contributed by atoms with Crippen LogP contribution in [0.25, 0.3) is 11.3 Å². The lowest BCUT2D eigenvalue weighted by Gasteiger charge is -2.08. The topological polar surface area (TPSA) is 61.0 Å². The van der Waals surface area contributed by atoms with Crippen molar-refractivity contribution in [2.45, 2.75) is 12.7 Å². The Kier molecular flexibility index (Phi) is 2.59. The molecule has 2 heterocycles. The molecule has 1 atom stereocenters. The molecule has 1 aliphatic rings. The van der Waals surface area contributed by atoms with Crippen molar-refractivity contribution >= 4 is 0 Å². The third-order valence-electron chi connectivity index (χ3n) is 3.06. The van der Waals surface area contributed by atoms with Crippen LogP contribution in [0.1, 0.15) is 17.2 Å². The number of aromatic nitrogens is 2. The Morgan fingerprint density at radius 2 is 2.29 bits per heavy atom. The summed E-state index contributed by atoms with van der Waals surface area (Å²) in [6.07, 6.45) is 3.33. The van der Waals surface area contributed by atoms with Gasteiger partial charge in [0, 0.05) is 18.3 Å². The van der Waals surface area contributed by atoms with Gasteiger partial charge in [0.25, 0.3) is 0 Å². The molecule has 1 aromatic heterocycles. The standard InChI is InChI=1S/C13H13N3O/c14-6-13-10-3-1-2-9(11(10)7-17-13)12-4-5-15-8-16-12/h1-5,8,13H,6-7,14H2/t13-/m1/s1. The van der Waals surface area contributed by atoms with Crippen molar-refractivity contribution in [3.05, 3.63) is 47.9 Å². The summed E-state index contributed by atoms with van der Waals surface area (Å²) in [6.45, 7) is 1.12. The van der Waals surface area contributed by atoms with E-state index in [2.05, 4.69) is 22.1 Å². The smallest absolute Gasteiger partial charge is 0.116 e. The second kappa shape index (κ2) is 4.24. The first-order valence-electron chi connectivity index (χ1n) is 5.60. The van der Waals surface area contributed by atoms with E-state index < -0.39 is 0 Å². The van der Waals surface area contributed by atoms with Crippen LogP contribution in [0.4, 0.5) is 0 Å². The Morgan fingerprint density at radius 1 is 1.35 bits per heavy atom. The maximum atomic E-state index is 5.69. The van der Waals surface area contributed by atoms with Crippen LogP contribution in [0.2, 0.25) is 0 Å². The summed E-state index contributed by atoms with van der Waals surface area (Å²) < 4.78 is 5.67. The maximum absolute atomic E-state index is 5.69. The fourth-order valence-electron chi connectivity index (χ4n) is 2.23. The molecule has 17 heavy (non-hydrogen) atoms. The van der Waals surface area contributed by atoms with Gasteiger partial charge in [-0.15, -0.1) is 0 Å². The normalized spacial score (nSPS) is 18.1. The highest BCUT2D eigenvalue weighted by Crippen LogP contribution is 2.35. The van der Waals surface area contributed by atoms with Crippen LogP contribution in [0, 0.1) is 0 Å². The van der Waals surface area contributed by atoms with Crippen LogP contribution >= 0.6 is 0 Å². The second-order valence-corrected chi connectivity index (χ2v) is 4.00. The molecule has 0 radical (unpaired) electrons. The molecule has 0 amide bonds. The number of fused-ring (bicyclic) bond motifs is 1. The number of nitrogens with zero attached hydrogens (tertiary/aromatic N) is 2. The molecule has 4 nitrogen and oxygen atoms in total. The largest absolute Gasteiger partial charge is 0.367 e. The number of rotatable bonds is 2. The van der Waals surface area contributed by atoms with E-state index in [1.165, 1.54) is 11.1 Å². The van der Waals surface area contributed by atoms with Gasteiger partial charge in [0.1, 0.15) is 6.33 Å². The number of nitrogens with two attached hydrogens (primary N) is 1. The van der Waals surface area contributed by atoms with Gasteiger partial charge in [0.2, 0.25) is 0 Å². The van der Waals surface area contributed by atoms with Crippen LogP contribution in [0.3, 0.4) is 0 Å². The van der Waals surface area contributed by atoms with Gasteiger partial charge in [-0.3, -0.25) is 0 Å². The quantitative estimate of drug-likeness (QED) is 0.847. The molecule has 2 N–H and O–H groups in total. The molecule has 0 spiro atoms. The predicted molar refractivity (Wildman–Crippen MR) is 64.1 cm³/mol. The molecule has 3 rings (SSSR count). The Balaban J connectivity index is 2.12. The second-order valence-electron chi connectivity index (χ2n) is 4.00. The van der Waals surface area contributed by atoms with Crippen LogP contribution < -0.4 is 5.73 Å². The van der Waals surface area contributed by atoms with Gasteiger partial charge in [0.05, 0.1) is 18.4 Å². The third kappa shape index (κ3) is 1.71. The molecule has 0 bridgehead atoms. The van der Waals surface area contributed by atoms with Gasteiger partial charge < -0.3 is 10.5 Å². The monoisotopic (exact) mass is 227 g/mol. The highest BCUT2D eigenvalue weighted by atomic mass is 16.5. The fraction of sp³-hybridized carbons (Fsp3) is 0.231. The van der Waals surface area contributed by atoms with Crippen molar-refractivity contribution in [1.82, 2.24) is 9.97 Å². The minimum absolute atomic E-state index is 0.0202. The third-order valence-corrected chi connectivity index (χ3v) is 3.06. The van der Waals surface area contributed by atoms with Crippen molar-refractivity contribution in [1.29, 1.82) is 0 Å². The molecule has 86 valence electrons. The van der Waals surface area contributed by atoms with Crippen LogP contribution in [-0.4, -0.2) is 16.5 Å². The molecule has 0 aliphatic carbocycles. The molecule has 0 fully saturated rings. The highest BCUT2D eigenvalue weighted by Gasteiger charge is 2.24. The van der Waals surface area contributed by atoms with Gasteiger partial charge in [-0.05, 0) is 17.2 Å². The summed E-state index contributed by atoms with van der Waals surface area (Å²) in [5.41, 5.74) is 10.1. The van der Waals surface area contributed by atoms with E-state index in [4.69, 9.17) is 10.5 Å². The van der Waals surface area contributed by atoms with E-state index in [1.54, 1.807) is 12.5 Å². The first-order chi connectivity index (χ1) is 8.40. The number of hydrogen-bond acceptors (Lipinski definition) is 4. The van der Waals surface area contributed by atoms with Crippen molar-refractivity contribution < 1.29 is 4.74 Å².